The highest BCUT2D eigenvalue weighted by Crippen LogP contribution is 2.23. The topological polar surface area (TPSA) is 125 Å². The van der Waals surface area contributed by atoms with Crippen LogP contribution in [0.1, 0.15) is 27.1 Å². The Bertz CT molecular complexity index is 1100. The van der Waals surface area contributed by atoms with Crippen molar-refractivity contribution < 1.29 is 9.59 Å². The van der Waals surface area contributed by atoms with E-state index in [-0.39, 0.29) is 11.8 Å². The summed E-state index contributed by atoms with van der Waals surface area (Å²) < 4.78 is 3.38. The van der Waals surface area contributed by atoms with Crippen LogP contribution in [0, 0.1) is 0 Å². The average Bonchev–Trinajstić information content (AvgIpc) is 3.53. The number of hydrogen-bond donors (Lipinski definition) is 4. The van der Waals surface area contributed by atoms with Crippen molar-refractivity contribution in [2.24, 2.45) is 14.1 Å². The summed E-state index contributed by atoms with van der Waals surface area (Å²) in [6.45, 7) is 0.888. The molecule has 10 heteroatoms. The first-order chi connectivity index (χ1) is 15.0. The molecule has 0 aliphatic heterocycles. The second-order valence-corrected chi connectivity index (χ2v) is 7.24. The second-order valence-electron chi connectivity index (χ2n) is 7.24. The van der Waals surface area contributed by atoms with E-state index in [1.807, 2.05) is 26.5 Å². The third-order valence-corrected chi connectivity index (χ3v) is 4.94. The quantitative estimate of drug-likeness (QED) is 0.324. The summed E-state index contributed by atoms with van der Waals surface area (Å²) in [5.41, 5.74) is 4.47. The molecule has 0 fully saturated rings. The van der Waals surface area contributed by atoms with Crippen LogP contribution in [0.25, 0.3) is 22.3 Å². The molecule has 4 rings (SSSR count). The zero-order valence-electron chi connectivity index (χ0n) is 17.3. The van der Waals surface area contributed by atoms with Gasteiger partial charge in [-0.1, -0.05) is 0 Å². The molecule has 0 aromatic carbocycles. The molecule has 2 amide bonds. The predicted octanol–water partition coefficient (Wildman–Crippen LogP) is 1.69. The Morgan fingerprint density at radius 3 is 1.65 bits per heavy atom. The van der Waals surface area contributed by atoms with Gasteiger partial charge in [0.1, 0.15) is 0 Å². The van der Waals surface area contributed by atoms with Crippen LogP contribution in [0.5, 0.6) is 0 Å². The molecule has 0 aliphatic rings. The molecule has 10 nitrogen and oxygen atoms in total. The monoisotopic (exact) mass is 420 g/mol. The summed E-state index contributed by atoms with van der Waals surface area (Å²) in [5, 5.41) is 14.1. The lowest BCUT2D eigenvalue weighted by Crippen LogP contribution is -2.30. The lowest BCUT2D eigenvalue weighted by atomic mass is 10.1. The lowest BCUT2D eigenvalue weighted by Gasteiger charge is -2.07. The van der Waals surface area contributed by atoms with Crippen LogP contribution < -0.4 is 10.6 Å². The number of carbonyl (C=O) groups is 2. The third-order valence-electron chi connectivity index (χ3n) is 4.94. The lowest BCUT2D eigenvalue weighted by molar-refractivity contribution is 0.0952. The fourth-order valence-corrected chi connectivity index (χ4v) is 3.38. The highest BCUT2D eigenvalue weighted by atomic mass is 16.2. The number of nitrogens with zero attached hydrogens (tertiary/aromatic N) is 4. The van der Waals surface area contributed by atoms with Gasteiger partial charge in [-0.3, -0.25) is 19.0 Å². The molecule has 4 heterocycles. The fourth-order valence-electron chi connectivity index (χ4n) is 3.38. The first kappa shape index (κ1) is 20.2. The number of H-pyrrole nitrogens is 2. The van der Waals surface area contributed by atoms with Crippen LogP contribution in [0.15, 0.2) is 49.6 Å². The minimum Gasteiger partial charge on any atom is -0.366 e. The summed E-state index contributed by atoms with van der Waals surface area (Å²) in [5.74, 6) is -0.341. The Morgan fingerprint density at radius 2 is 1.26 bits per heavy atom. The third kappa shape index (κ3) is 4.42. The maximum Gasteiger partial charge on any atom is 0.253 e. The fraction of sp³-hybridized carbons (Fsp3) is 0.238. The molecule has 0 saturated carbocycles. The highest BCUT2D eigenvalue weighted by Gasteiger charge is 2.16. The molecule has 160 valence electrons. The molecule has 0 radical (unpaired) electrons. The number of hydrogen-bond acceptors (Lipinski definition) is 4. The predicted molar refractivity (Wildman–Crippen MR) is 115 cm³/mol. The summed E-state index contributed by atoms with van der Waals surface area (Å²) >= 11 is 0. The summed E-state index contributed by atoms with van der Waals surface area (Å²) in [6, 6.07) is 0. The number of nitrogens with one attached hydrogen (secondary N) is 4. The molecule has 4 aromatic heterocycles. The molecule has 0 unspecified atom stereocenters. The molecule has 31 heavy (non-hydrogen) atoms. The zero-order chi connectivity index (χ0) is 21.8. The van der Waals surface area contributed by atoms with Gasteiger partial charge < -0.3 is 20.6 Å². The van der Waals surface area contributed by atoms with Crippen molar-refractivity contribution in [3.05, 3.63) is 60.7 Å². The van der Waals surface area contributed by atoms with Gasteiger partial charge in [0.25, 0.3) is 11.8 Å². The second kappa shape index (κ2) is 8.74. The van der Waals surface area contributed by atoms with Gasteiger partial charge in [-0.25, -0.2) is 0 Å². The Balaban J connectivity index is 1.26. The van der Waals surface area contributed by atoms with E-state index in [0.29, 0.717) is 30.6 Å². The van der Waals surface area contributed by atoms with Gasteiger partial charge >= 0.3 is 0 Å². The van der Waals surface area contributed by atoms with Crippen molar-refractivity contribution in [1.29, 1.82) is 0 Å². The van der Waals surface area contributed by atoms with Crippen molar-refractivity contribution in [3.8, 4) is 22.3 Å². The van der Waals surface area contributed by atoms with Crippen LogP contribution in [0.2, 0.25) is 0 Å². The first-order valence-corrected chi connectivity index (χ1v) is 9.91. The Morgan fingerprint density at radius 1 is 0.806 bits per heavy atom. The number of amides is 2. The maximum atomic E-state index is 12.5. The van der Waals surface area contributed by atoms with Crippen molar-refractivity contribution in [2.45, 2.75) is 6.42 Å². The van der Waals surface area contributed by atoms with Crippen molar-refractivity contribution >= 4 is 11.8 Å². The standard InChI is InChI=1S/C21H24N8O2/c1-28-12-14(6-26-28)16-8-22-10-18(16)20(30)24-4-3-5-25-21(31)19-11-23-9-17(19)15-7-27-29(2)13-15/h6-13,22-23H,3-5H2,1-2H3,(H,24,30)(H,25,31). The molecule has 0 saturated heterocycles. The smallest absolute Gasteiger partial charge is 0.253 e. The first-order valence-electron chi connectivity index (χ1n) is 9.91. The van der Waals surface area contributed by atoms with E-state index in [2.05, 4.69) is 30.8 Å². The molecule has 0 aliphatic carbocycles. The van der Waals surface area contributed by atoms with Gasteiger partial charge in [0.05, 0.1) is 23.5 Å². The van der Waals surface area contributed by atoms with E-state index in [0.717, 1.165) is 22.3 Å². The summed E-state index contributed by atoms with van der Waals surface area (Å²) in [4.78, 5) is 31.0. The van der Waals surface area contributed by atoms with Gasteiger partial charge in [0.2, 0.25) is 0 Å². The van der Waals surface area contributed by atoms with Gasteiger partial charge in [-0.05, 0) is 6.42 Å². The van der Waals surface area contributed by atoms with E-state index >= 15 is 0 Å². The normalized spacial score (nSPS) is 10.9. The van der Waals surface area contributed by atoms with Crippen molar-refractivity contribution in [3.63, 3.8) is 0 Å². The van der Waals surface area contributed by atoms with Crippen molar-refractivity contribution in [1.82, 2.24) is 40.2 Å². The number of aryl methyl sites for hydroxylation is 2. The molecule has 0 bridgehead atoms. The molecule has 0 atom stereocenters. The van der Waals surface area contributed by atoms with Crippen LogP contribution in [0.4, 0.5) is 0 Å². The van der Waals surface area contributed by atoms with E-state index in [1.54, 1.807) is 46.5 Å². The number of carbonyl (C=O) groups excluding carboxylic acids is 2. The SMILES string of the molecule is Cn1cc(-c2c[nH]cc2C(=O)NCCCNC(=O)c2c[nH]cc2-c2cnn(C)c2)cn1. The molecule has 0 spiro atoms. The molecule has 4 N–H and O–H groups in total. The van der Waals surface area contributed by atoms with E-state index in [4.69, 9.17) is 0 Å². The highest BCUT2D eigenvalue weighted by molar-refractivity contribution is 6.01. The van der Waals surface area contributed by atoms with Crippen molar-refractivity contribution in [2.75, 3.05) is 13.1 Å². The average molecular weight is 420 g/mol. The Hall–Kier alpha value is -4.08. The maximum absolute atomic E-state index is 12.5. The van der Waals surface area contributed by atoms with E-state index in [9.17, 15) is 9.59 Å². The Kier molecular flexibility index (Phi) is 5.69. The zero-order valence-corrected chi connectivity index (χ0v) is 17.3. The molecular weight excluding hydrogens is 396 g/mol. The van der Waals surface area contributed by atoms with Gasteiger partial charge in [-0.15, -0.1) is 0 Å². The van der Waals surface area contributed by atoms with Gasteiger partial charge in [0.15, 0.2) is 0 Å². The van der Waals surface area contributed by atoms with Gasteiger partial charge in [-0.2, -0.15) is 10.2 Å². The number of rotatable bonds is 8. The van der Waals surface area contributed by atoms with E-state index < -0.39 is 0 Å². The van der Waals surface area contributed by atoms with Crippen LogP contribution in [0.3, 0.4) is 0 Å². The summed E-state index contributed by atoms with van der Waals surface area (Å²) in [6.07, 6.45) is 14.7. The van der Waals surface area contributed by atoms with E-state index in [1.165, 1.54) is 0 Å². The van der Waals surface area contributed by atoms with Crippen LogP contribution >= 0.6 is 0 Å². The molecule has 4 aromatic rings. The largest absolute Gasteiger partial charge is 0.366 e. The Labute approximate surface area is 178 Å². The minimum atomic E-state index is -0.170. The number of aromatic amines is 2. The van der Waals surface area contributed by atoms with Crippen LogP contribution in [-0.2, 0) is 14.1 Å². The van der Waals surface area contributed by atoms with Gasteiger partial charge in [0, 0.05) is 86.6 Å². The number of aromatic nitrogens is 6. The minimum absolute atomic E-state index is 0.170. The molecular formula is C21H24N8O2. The summed E-state index contributed by atoms with van der Waals surface area (Å²) in [7, 11) is 3.66. The van der Waals surface area contributed by atoms with Crippen LogP contribution in [-0.4, -0.2) is 54.4 Å².